The van der Waals surface area contributed by atoms with Gasteiger partial charge in [-0.2, -0.15) is 0 Å². The summed E-state index contributed by atoms with van der Waals surface area (Å²) in [6.45, 7) is 7.64. The third-order valence-corrected chi connectivity index (χ3v) is 4.76. The molecule has 146 valence electrons. The molecule has 0 heterocycles. The molecule has 0 aliphatic carbocycles. The number of allylic oxidation sites excluding steroid dienone is 2. The quantitative estimate of drug-likeness (QED) is 0.394. The van der Waals surface area contributed by atoms with Gasteiger partial charge in [-0.15, -0.1) is 0 Å². The Morgan fingerprint density at radius 3 is 2.07 bits per heavy atom. The average Bonchev–Trinajstić information content (AvgIpc) is 2.74. The van der Waals surface area contributed by atoms with Crippen LogP contribution in [0.4, 0.5) is 0 Å². The predicted molar refractivity (Wildman–Crippen MR) is 119 cm³/mol. The van der Waals surface area contributed by atoms with Crippen LogP contribution in [0.2, 0.25) is 0 Å². The summed E-state index contributed by atoms with van der Waals surface area (Å²) in [5.74, 6) is -0.284. The van der Waals surface area contributed by atoms with Crippen molar-refractivity contribution in [3.05, 3.63) is 96.1 Å². The molecule has 0 amide bonds. The molecule has 0 aliphatic heterocycles. The minimum Gasteiger partial charge on any atom is -0.507 e. The molecule has 0 bridgehead atoms. The summed E-state index contributed by atoms with van der Waals surface area (Å²) in [6, 6.07) is 19.1. The van der Waals surface area contributed by atoms with Crippen molar-refractivity contribution in [2.45, 2.75) is 13.8 Å². The van der Waals surface area contributed by atoms with E-state index in [0.29, 0.717) is 27.8 Å². The first-order chi connectivity index (χ1) is 14.1. The van der Waals surface area contributed by atoms with Gasteiger partial charge in [0.05, 0.1) is 12.2 Å². The van der Waals surface area contributed by atoms with E-state index < -0.39 is 5.97 Å². The van der Waals surface area contributed by atoms with Crippen molar-refractivity contribution in [2.24, 2.45) is 0 Å². The Hall–Kier alpha value is -3.59. The fourth-order valence-electron chi connectivity index (χ4n) is 3.53. The van der Waals surface area contributed by atoms with Gasteiger partial charge in [-0.3, -0.25) is 0 Å². The maximum Gasteiger partial charge on any atom is 0.339 e. The lowest BCUT2D eigenvalue weighted by molar-refractivity contribution is 0.0526. The summed E-state index contributed by atoms with van der Waals surface area (Å²) >= 11 is 0. The van der Waals surface area contributed by atoms with Gasteiger partial charge in [0.1, 0.15) is 5.75 Å². The van der Waals surface area contributed by atoms with Gasteiger partial charge in [0.15, 0.2) is 0 Å². The number of phenolic OH excluding ortho intramolecular Hbond substituents is 1. The lowest BCUT2D eigenvalue weighted by Gasteiger charge is -2.21. The second-order valence-corrected chi connectivity index (χ2v) is 6.56. The summed E-state index contributed by atoms with van der Waals surface area (Å²) in [5, 5.41) is 11.3. The van der Waals surface area contributed by atoms with Crippen LogP contribution in [-0.2, 0) is 4.74 Å². The minimum atomic E-state index is -0.408. The van der Waals surface area contributed by atoms with Crippen molar-refractivity contribution in [3.63, 3.8) is 0 Å². The van der Waals surface area contributed by atoms with Crippen LogP contribution in [0.25, 0.3) is 28.3 Å². The second kappa shape index (κ2) is 9.07. The van der Waals surface area contributed by atoms with Crippen molar-refractivity contribution in [1.29, 1.82) is 0 Å². The molecular weight excluding hydrogens is 360 g/mol. The van der Waals surface area contributed by atoms with Crippen LogP contribution in [0.15, 0.2) is 79.4 Å². The number of carbonyl (C=O) groups excluding carboxylic acids is 1. The summed E-state index contributed by atoms with van der Waals surface area (Å²) in [6.07, 6.45) is 5.17. The van der Waals surface area contributed by atoms with Crippen LogP contribution in [-0.4, -0.2) is 17.7 Å². The predicted octanol–water partition coefficient (Wildman–Crippen LogP) is 6.41. The molecule has 1 N–H and O–H groups in total. The molecule has 0 saturated heterocycles. The van der Waals surface area contributed by atoms with Gasteiger partial charge >= 0.3 is 5.97 Å². The summed E-state index contributed by atoms with van der Waals surface area (Å²) < 4.78 is 5.40. The third-order valence-electron chi connectivity index (χ3n) is 4.76. The van der Waals surface area contributed by atoms with Gasteiger partial charge in [-0.05, 0) is 30.5 Å². The summed E-state index contributed by atoms with van der Waals surface area (Å²) in [5.41, 5.74) is 4.64. The van der Waals surface area contributed by atoms with E-state index in [1.807, 2.05) is 67.6 Å². The first kappa shape index (κ1) is 20.2. The van der Waals surface area contributed by atoms with Crippen LogP contribution in [0, 0.1) is 6.92 Å². The minimum absolute atomic E-state index is 0.124. The monoisotopic (exact) mass is 384 g/mol. The topological polar surface area (TPSA) is 46.5 Å². The molecule has 0 spiro atoms. The highest BCUT2D eigenvalue weighted by atomic mass is 16.5. The fourth-order valence-corrected chi connectivity index (χ4v) is 3.53. The van der Waals surface area contributed by atoms with Crippen LogP contribution >= 0.6 is 0 Å². The Bertz CT molecular complexity index is 1050. The highest BCUT2D eigenvalue weighted by Crippen LogP contribution is 2.45. The van der Waals surface area contributed by atoms with E-state index in [1.165, 1.54) is 0 Å². The number of ether oxygens (including phenoxy) is 1. The Morgan fingerprint density at radius 1 is 1.00 bits per heavy atom. The maximum absolute atomic E-state index is 13.0. The van der Waals surface area contributed by atoms with Crippen molar-refractivity contribution >= 4 is 12.0 Å². The van der Waals surface area contributed by atoms with Crippen LogP contribution in [0.5, 0.6) is 5.75 Å². The van der Waals surface area contributed by atoms with E-state index in [9.17, 15) is 9.90 Å². The highest BCUT2D eigenvalue weighted by molar-refractivity contribution is 6.05. The molecule has 3 aromatic carbocycles. The Labute approximate surface area is 171 Å². The van der Waals surface area contributed by atoms with Gasteiger partial charge in [0, 0.05) is 16.7 Å². The van der Waals surface area contributed by atoms with Gasteiger partial charge in [-0.1, -0.05) is 85.5 Å². The number of carbonyl (C=O) groups is 1. The normalized spacial score (nSPS) is 10.8. The maximum atomic E-state index is 13.0. The molecule has 3 heteroatoms. The lowest BCUT2D eigenvalue weighted by Crippen LogP contribution is -2.11. The molecule has 0 saturated carbocycles. The zero-order valence-corrected chi connectivity index (χ0v) is 16.7. The number of hydrogen-bond acceptors (Lipinski definition) is 3. The second-order valence-electron chi connectivity index (χ2n) is 6.56. The van der Waals surface area contributed by atoms with E-state index in [2.05, 4.69) is 6.58 Å². The Morgan fingerprint density at radius 2 is 1.55 bits per heavy atom. The fraction of sp³-hybridized carbons (Fsp3) is 0.115. The number of esters is 1. The molecule has 0 fully saturated rings. The van der Waals surface area contributed by atoms with E-state index in [0.717, 1.165) is 11.1 Å². The van der Waals surface area contributed by atoms with Crippen molar-refractivity contribution in [1.82, 2.24) is 0 Å². The molecule has 0 radical (unpaired) electrons. The van der Waals surface area contributed by atoms with Gasteiger partial charge in [-0.25, -0.2) is 4.79 Å². The number of phenols is 1. The van der Waals surface area contributed by atoms with Crippen molar-refractivity contribution in [3.8, 4) is 28.0 Å². The molecule has 29 heavy (non-hydrogen) atoms. The molecule has 0 atom stereocenters. The Balaban J connectivity index is 2.47. The van der Waals surface area contributed by atoms with E-state index in [-0.39, 0.29) is 12.4 Å². The molecule has 0 aromatic heterocycles. The van der Waals surface area contributed by atoms with E-state index >= 15 is 0 Å². The molecule has 3 nitrogen and oxygen atoms in total. The number of hydrogen-bond donors (Lipinski definition) is 1. The molecule has 3 aromatic rings. The highest BCUT2D eigenvalue weighted by Gasteiger charge is 2.26. The summed E-state index contributed by atoms with van der Waals surface area (Å²) in [4.78, 5) is 13.0. The van der Waals surface area contributed by atoms with E-state index in [1.54, 1.807) is 25.2 Å². The molecule has 3 rings (SSSR count). The third kappa shape index (κ3) is 3.99. The molecule has 0 aliphatic rings. The largest absolute Gasteiger partial charge is 0.507 e. The van der Waals surface area contributed by atoms with Crippen LogP contribution < -0.4 is 0 Å². The molecular formula is C26H24O3. The zero-order chi connectivity index (χ0) is 20.8. The Kier molecular flexibility index (Phi) is 6.30. The first-order valence-electron chi connectivity index (χ1n) is 9.56. The number of rotatable bonds is 6. The van der Waals surface area contributed by atoms with Crippen LogP contribution in [0.3, 0.4) is 0 Å². The van der Waals surface area contributed by atoms with E-state index in [4.69, 9.17) is 4.74 Å². The number of aromatic hydroxyl groups is 1. The van der Waals surface area contributed by atoms with Crippen LogP contribution in [0.1, 0.15) is 28.4 Å². The zero-order valence-electron chi connectivity index (χ0n) is 16.7. The van der Waals surface area contributed by atoms with Crippen molar-refractivity contribution < 1.29 is 14.6 Å². The lowest BCUT2D eigenvalue weighted by atomic mass is 9.84. The standard InChI is InChI=1S/C26H24O3/c1-4-6-17-21-24(20-15-11-8-12-16-20)23(26(28)29-5-2)18(3)22(25(21)27)19-13-9-7-10-14-19/h4,6-17,27H,1,5H2,2-3H3/b17-6-. The SMILES string of the molecule is C=C/C=C\c1c(O)c(-c2ccccc2)c(C)c(C(=O)OCC)c1-c1ccccc1. The number of benzene rings is 3. The van der Waals surface area contributed by atoms with Gasteiger partial charge < -0.3 is 9.84 Å². The average molecular weight is 384 g/mol. The summed E-state index contributed by atoms with van der Waals surface area (Å²) in [7, 11) is 0. The van der Waals surface area contributed by atoms with Gasteiger partial charge in [0.25, 0.3) is 0 Å². The van der Waals surface area contributed by atoms with Crippen molar-refractivity contribution in [2.75, 3.05) is 6.61 Å². The smallest absolute Gasteiger partial charge is 0.339 e. The first-order valence-corrected chi connectivity index (χ1v) is 9.56. The molecule has 0 unspecified atom stereocenters. The van der Waals surface area contributed by atoms with Gasteiger partial charge in [0.2, 0.25) is 0 Å².